The van der Waals surface area contributed by atoms with Crippen LogP contribution < -0.4 is 15.4 Å². The van der Waals surface area contributed by atoms with Crippen molar-refractivity contribution in [2.24, 2.45) is 0 Å². The Morgan fingerprint density at radius 1 is 0.938 bits per heavy atom. The van der Waals surface area contributed by atoms with Crippen molar-refractivity contribution in [1.29, 1.82) is 0 Å². The fourth-order valence-electron chi connectivity index (χ4n) is 3.39. The van der Waals surface area contributed by atoms with Crippen molar-refractivity contribution in [3.8, 4) is 5.75 Å². The fourth-order valence-corrected chi connectivity index (χ4v) is 4.29. The first-order valence-corrected chi connectivity index (χ1v) is 10.6. The number of aromatic nitrogens is 1. The van der Waals surface area contributed by atoms with Crippen LogP contribution >= 0.6 is 11.3 Å². The molecule has 0 fully saturated rings. The number of rotatable bonds is 5. The van der Waals surface area contributed by atoms with Crippen LogP contribution in [0.4, 0.5) is 10.8 Å². The largest absolute Gasteiger partial charge is 0.496 e. The van der Waals surface area contributed by atoms with Crippen LogP contribution in [0, 0.1) is 0 Å². The Labute approximate surface area is 186 Å². The van der Waals surface area contributed by atoms with Crippen LogP contribution in [0.25, 0.3) is 21.0 Å². The number of ether oxygens (including phenoxy) is 1. The molecule has 5 rings (SSSR count). The lowest BCUT2D eigenvalue weighted by Gasteiger charge is -2.11. The summed E-state index contributed by atoms with van der Waals surface area (Å²) in [4.78, 5) is 29.6. The van der Waals surface area contributed by atoms with Gasteiger partial charge in [0.1, 0.15) is 5.75 Å². The number of carbonyl (C=O) groups excluding carboxylic acids is 2. The predicted octanol–water partition coefficient (Wildman–Crippen LogP) is 5.56. The molecule has 7 nitrogen and oxygen atoms in total. The van der Waals surface area contributed by atoms with E-state index in [0.29, 0.717) is 27.6 Å². The molecule has 0 aliphatic carbocycles. The van der Waals surface area contributed by atoms with Crippen LogP contribution in [0.5, 0.6) is 5.75 Å². The maximum Gasteiger partial charge on any atom is 0.293 e. The van der Waals surface area contributed by atoms with E-state index in [0.717, 1.165) is 15.5 Å². The molecule has 0 radical (unpaired) electrons. The predicted molar refractivity (Wildman–Crippen MR) is 125 cm³/mol. The van der Waals surface area contributed by atoms with Crippen LogP contribution in [0.2, 0.25) is 0 Å². The summed E-state index contributed by atoms with van der Waals surface area (Å²) in [5, 5.41) is 8.04. The van der Waals surface area contributed by atoms with E-state index in [4.69, 9.17) is 9.15 Å². The third-order valence-corrected chi connectivity index (χ3v) is 5.86. The zero-order chi connectivity index (χ0) is 22.1. The highest BCUT2D eigenvalue weighted by Crippen LogP contribution is 2.30. The number of furan rings is 1. The van der Waals surface area contributed by atoms with Gasteiger partial charge in [0, 0.05) is 5.69 Å². The molecule has 0 spiro atoms. The molecule has 158 valence electrons. The highest BCUT2D eigenvalue weighted by molar-refractivity contribution is 7.22. The summed E-state index contributed by atoms with van der Waals surface area (Å²) >= 11 is 1.31. The van der Waals surface area contributed by atoms with Crippen LogP contribution in [-0.2, 0) is 0 Å². The number of fused-ring (bicyclic) bond motifs is 2. The minimum Gasteiger partial charge on any atom is -0.496 e. The van der Waals surface area contributed by atoms with Gasteiger partial charge in [-0.1, -0.05) is 35.6 Å². The second kappa shape index (κ2) is 8.16. The number of anilines is 2. The zero-order valence-corrected chi connectivity index (χ0v) is 17.7. The second-order valence-corrected chi connectivity index (χ2v) is 8.02. The van der Waals surface area contributed by atoms with Crippen LogP contribution in [-0.4, -0.2) is 23.9 Å². The molecule has 0 saturated heterocycles. The maximum atomic E-state index is 13.0. The summed E-state index contributed by atoms with van der Waals surface area (Å²) in [7, 11) is 1.54. The Bertz CT molecular complexity index is 1460. The van der Waals surface area contributed by atoms with E-state index in [2.05, 4.69) is 15.6 Å². The van der Waals surface area contributed by atoms with Crippen molar-refractivity contribution in [2.45, 2.75) is 0 Å². The first kappa shape index (κ1) is 19.8. The fraction of sp³-hybridized carbons (Fsp3) is 0.0417. The molecule has 2 heterocycles. The molecule has 2 aromatic heterocycles. The maximum absolute atomic E-state index is 13.0. The van der Waals surface area contributed by atoms with Crippen LogP contribution in [0.3, 0.4) is 0 Å². The van der Waals surface area contributed by atoms with Crippen LogP contribution in [0.1, 0.15) is 20.9 Å². The molecule has 5 aromatic rings. The molecular weight excluding hydrogens is 426 g/mol. The van der Waals surface area contributed by atoms with E-state index < -0.39 is 0 Å². The van der Waals surface area contributed by atoms with Gasteiger partial charge in [0.2, 0.25) is 0 Å². The van der Waals surface area contributed by atoms with Gasteiger partial charge in [-0.3, -0.25) is 14.9 Å². The number of hydrogen-bond acceptors (Lipinski definition) is 6. The molecular formula is C24H17N3O4S. The van der Waals surface area contributed by atoms with E-state index in [1.165, 1.54) is 17.6 Å². The summed E-state index contributed by atoms with van der Waals surface area (Å²) in [5.74, 6) is 0.0679. The monoisotopic (exact) mass is 443 g/mol. The lowest BCUT2D eigenvalue weighted by atomic mass is 10.1. The highest BCUT2D eigenvalue weighted by atomic mass is 32.1. The van der Waals surface area contributed by atoms with Gasteiger partial charge in [0.05, 0.1) is 29.2 Å². The summed E-state index contributed by atoms with van der Waals surface area (Å²) in [5.41, 5.74) is 1.78. The molecule has 0 unspecified atom stereocenters. The van der Waals surface area contributed by atoms with Gasteiger partial charge >= 0.3 is 0 Å². The summed E-state index contributed by atoms with van der Waals surface area (Å²) in [6.45, 7) is 0. The Kier molecular flexibility index (Phi) is 5.04. The number of benzene rings is 3. The molecule has 0 aliphatic rings. The number of hydrogen-bond donors (Lipinski definition) is 2. The molecule has 3 aromatic carbocycles. The number of amides is 2. The first-order valence-electron chi connectivity index (χ1n) is 9.74. The zero-order valence-electron chi connectivity index (χ0n) is 16.9. The number of nitrogens with one attached hydrogen (secondary N) is 2. The molecule has 32 heavy (non-hydrogen) atoms. The standard InChI is InChI=1S/C24H17N3O4S/c1-30-20-12-15-6-3-2-5-14(15)11-17(20)22(28)25-16-8-9-18-21(13-16)32-24(26-18)27-23(29)19-7-4-10-31-19/h2-13H,1H3,(H,25,28)(H,26,27,29). The lowest BCUT2D eigenvalue weighted by Crippen LogP contribution is -2.13. The Balaban J connectivity index is 1.39. The van der Waals surface area contributed by atoms with E-state index >= 15 is 0 Å². The quantitative estimate of drug-likeness (QED) is 0.371. The Morgan fingerprint density at radius 3 is 2.50 bits per heavy atom. The molecule has 0 aliphatic heterocycles. The van der Waals surface area contributed by atoms with E-state index in [1.54, 1.807) is 31.4 Å². The van der Waals surface area contributed by atoms with Gasteiger partial charge in [0.25, 0.3) is 11.8 Å². The van der Waals surface area contributed by atoms with Crippen molar-refractivity contribution in [3.63, 3.8) is 0 Å². The topological polar surface area (TPSA) is 93.5 Å². The third-order valence-electron chi connectivity index (χ3n) is 4.92. The minimum absolute atomic E-state index is 0.210. The van der Waals surface area contributed by atoms with Gasteiger partial charge in [-0.15, -0.1) is 0 Å². The van der Waals surface area contributed by atoms with E-state index in [1.807, 2.05) is 42.5 Å². The van der Waals surface area contributed by atoms with Crippen molar-refractivity contribution in [2.75, 3.05) is 17.7 Å². The van der Waals surface area contributed by atoms with Gasteiger partial charge < -0.3 is 14.5 Å². The molecule has 2 N–H and O–H groups in total. The van der Waals surface area contributed by atoms with E-state index in [9.17, 15) is 9.59 Å². The Morgan fingerprint density at radius 2 is 1.75 bits per heavy atom. The third kappa shape index (κ3) is 3.79. The molecule has 0 bridgehead atoms. The lowest BCUT2D eigenvalue weighted by molar-refractivity contribution is 0.0994. The Hall–Kier alpha value is -4.17. The molecule has 2 amide bonds. The number of methoxy groups -OCH3 is 1. The van der Waals surface area contributed by atoms with Gasteiger partial charge in [-0.25, -0.2) is 4.98 Å². The first-order chi connectivity index (χ1) is 15.6. The van der Waals surface area contributed by atoms with Crippen LogP contribution in [0.15, 0.2) is 77.4 Å². The highest BCUT2D eigenvalue weighted by Gasteiger charge is 2.16. The van der Waals surface area contributed by atoms with Gasteiger partial charge in [-0.05, 0) is 53.2 Å². The molecule has 0 atom stereocenters. The normalized spacial score (nSPS) is 10.9. The van der Waals surface area contributed by atoms with Gasteiger partial charge in [-0.2, -0.15) is 0 Å². The summed E-state index contributed by atoms with van der Waals surface area (Å²) in [6.07, 6.45) is 1.44. The second-order valence-electron chi connectivity index (χ2n) is 6.99. The SMILES string of the molecule is COc1cc2ccccc2cc1C(=O)Nc1ccc2nc(NC(=O)c3ccco3)sc2c1. The molecule has 0 saturated carbocycles. The van der Waals surface area contributed by atoms with Crippen molar-refractivity contribution in [1.82, 2.24) is 4.98 Å². The summed E-state index contributed by atoms with van der Waals surface area (Å²) < 4.78 is 11.4. The summed E-state index contributed by atoms with van der Waals surface area (Å²) in [6, 6.07) is 20.1. The average Bonchev–Trinajstić information content (AvgIpc) is 3.47. The molecule has 8 heteroatoms. The van der Waals surface area contributed by atoms with Crippen molar-refractivity contribution >= 4 is 55.0 Å². The number of carbonyl (C=O) groups is 2. The minimum atomic E-state index is -0.369. The van der Waals surface area contributed by atoms with Crippen molar-refractivity contribution in [3.05, 3.63) is 84.3 Å². The van der Waals surface area contributed by atoms with E-state index in [-0.39, 0.29) is 17.6 Å². The van der Waals surface area contributed by atoms with Gasteiger partial charge in [0.15, 0.2) is 10.9 Å². The smallest absolute Gasteiger partial charge is 0.293 e. The average molecular weight is 443 g/mol. The van der Waals surface area contributed by atoms with Crippen molar-refractivity contribution < 1.29 is 18.7 Å². The number of thiazole rings is 1. The number of nitrogens with zero attached hydrogens (tertiary/aromatic N) is 1.